The van der Waals surface area contributed by atoms with Crippen LogP contribution in [-0.4, -0.2) is 45.5 Å². The normalized spacial score (nSPS) is 17.8. The zero-order valence-electron chi connectivity index (χ0n) is 21.3. The predicted molar refractivity (Wildman–Crippen MR) is 133 cm³/mol. The van der Waals surface area contributed by atoms with Gasteiger partial charge in [0.2, 0.25) is 11.8 Å². The van der Waals surface area contributed by atoms with Gasteiger partial charge in [0.25, 0.3) is 0 Å². The number of amides is 1. The van der Waals surface area contributed by atoms with E-state index in [1.165, 1.54) is 18.2 Å². The first-order valence-electron chi connectivity index (χ1n) is 12.1. The Bertz CT molecular complexity index is 1120. The van der Waals surface area contributed by atoms with Crippen LogP contribution in [0.4, 0.5) is 35.4 Å². The number of alkyl halides is 3. The van der Waals surface area contributed by atoms with Crippen molar-refractivity contribution in [2.24, 2.45) is 5.92 Å². The van der Waals surface area contributed by atoms with Crippen molar-refractivity contribution in [3.8, 4) is 5.75 Å². The molecule has 0 saturated heterocycles. The molecule has 1 aromatic heterocycles. The average Bonchev–Trinajstić information content (AvgIpc) is 2.81. The number of nitrogens with one attached hydrogen (secondary N) is 3. The summed E-state index contributed by atoms with van der Waals surface area (Å²) in [5.74, 6) is -0.167. The van der Waals surface area contributed by atoms with Gasteiger partial charge in [-0.1, -0.05) is 18.2 Å². The highest BCUT2D eigenvalue weighted by Gasteiger charge is 2.32. The molecule has 1 heterocycles. The van der Waals surface area contributed by atoms with Crippen molar-refractivity contribution in [2.45, 2.75) is 71.0 Å². The van der Waals surface area contributed by atoms with Crippen molar-refractivity contribution in [3.05, 3.63) is 46.1 Å². The molecule has 0 aliphatic heterocycles. The molecular formula is C24H31F3N6O5. The largest absolute Gasteiger partial charge is 0.573 e. The van der Waals surface area contributed by atoms with Crippen LogP contribution in [0.2, 0.25) is 0 Å². The number of hydrogen-bond acceptors (Lipinski definition) is 9. The van der Waals surface area contributed by atoms with E-state index >= 15 is 0 Å². The lowest BCUT2D eigenvalue weighted by atomic mass is 9.86. The van der Waals surface area contributed by atoms with E-state index in [0.29, 0.717) is 6.54 Å². The third-order valence-corrected chi connectivity index (χ3v) is 5.73. The number of nitro groups is 1. The van der Waals surface area contributed by atoms with E-state index in [9.17, 15) is 28.1 Å². The van der Waals surface area contributed by atoms with E-state index in [4.69, 9.17) is 4.74 Å². The predicted octanol–water partition coefficient (Wildman–Crippen LogP) is 5.39. The minimum absolute atomic E-state index is 0.00123. The van der Waals surface area contributed by atoms with Gasteiger partial charge in [-0.2, -0.15) is 4.98 Å². The summed E-state index contributed by atoms with van der Waals surface area (Å²) in [4.78, 5) is 30.9. The number of rotatable bonds is 9. The zero-order chi connectivity index (χ0) is 27.9. The van der Waals surface area contributed by atoms with Gasteiger partial charge < -0.3 is 25.4 Å². The average molecular weight is 541 g/mol. The minimum atomic E-state index is -4.85. The van der Waals surface area contributed by atoms with Crippen LogP contribution in [-0.2, 0) is 11.3 Å². The maximum Gasteiger partial charge on any atom is 0.573 e. The number of hydrogen-bond donors (Lipinski definition) is 3. The van der Waals surface area contributed by atoms with Gasteiger partial charge >= 0.3 is 18.1 Å². The van der Waals surface area contributed by atoms with E-state index in [2.05, 4.69) is 30.7 Å². The molecule has 1 amide bonds. The number of alkyl carbamates (subject to hydrolysis) is 1. The molecule has 1 aliphatic rings. The van der Waals surface area contributed by atoms with E-state index in [0.717, 1.165) is 31.9 Å². The molecule has 3 N–H and O–H groups in total. The van der Waals surface area contributed by atoms with Gasteiger partial charge in [-0.3, -0.25) is 10.1 Å². The summed E-state index contributed by atoms with van der Waals surface area (Å²) >= 11 is 0. The molecule has 0 bridgehead atoms. The Morgan fingerprint density at radius 3 is 2.45 bits per heavy atom. The van der Waals surface area contributed by atoms with Crippen molar-refractivity contribution in [2.75, 3.05) is 17.2 Å². The smallest absolute Gasteiger partial charge is 0.444 e. The fourth-order valence-corrected chi connectivity index (χ4v) is 4.00. The Labute approximate surface area is 217 Å². The first-order valence-corrected chi connectivity index (χ1v) is 12.1. The molecule has 11 nitrogen and oxygen atoms in total. The number of anilines is 2. The van der Waals surface area contributed by atoms with Crippen molar-refractivity contribution in [1.82, 2.24) is 15.3 Å². The molecule has 0 radical (unpaired) electrons. The van der Waals surface area contributed by atoms with Gasteiger partial charge in [0.1, 0.15) is 17.5 Å². The molecule has 0 atom stereocenters. The number of nitrogens with zero attached hydrogens (tertiary/aromatic N) is 3. The van der Waals surface area contributed by atoms with Crippen molar-refractivity contribution < 1.29 is 32.4 Å². The number of carbonyl (C=O) groups excluding carboxylic acids is 1. The summed E-state index contributed by atoms with van der Waals surface area (Å²) in [7, 11) is 0. The fourth-order valence-electron chi connectivity index (χ4n) is 4.00. The molecule has 208 valence electrons. The van der Waals surface area contributed by atoms with Gasteiger partial charge in [0.05, 0.1) is 4.92 Å². The van der Waals surface area contributed by atoms with Gasteiger partial charge in [-0.25, -0.2) is 9.78 Å². The summed E-state index contributed by atoms with van der Waals surface area (Å²) in [6.45, 7) is 5.70. The van der Waals surface area contributed by atoms with E-state index in [1.54, 1.807) is 26.8 Å². The second kappa shape index (κ2) is 12.1. The number of ether oxygens (including phenoxy) is 2. The lowest BCUT2D eigenvalue weighted by molar-refractivity contribution is -0.384. The van der Waals surface area contributed by atoms with Crippen LogP contribution in [0.3, 0.4) is 0 Å². The van der Waals surface area contributed by atoms with Crippen molar-refractivity contribution in [3.63, 3.8) is 0 Å². The Morgan fingerprint density at radius 1 is 1.13 bits per heavy atom. The number of aromatic nitrogens is 2. The fraction of sp³-hybridized carbons (Fsp3) is 0.542. The number of benzene rings is 1. The number of para-hydroxylation sites is 1. The Kier molecular flexibility index (Phi) is 9.17. The Morgan fingerprint density at radius 2 is 1.82 bits per heavy atom. The second-order valence-corrected chi connectivity index (χ2v) is 9.94. The van der Waals surface area contributed by atoms with Gasteiger partial charge in [0.15, 0.2) is 0 Å². The molecule has 1 aliphatic carbocycles. The van der Waals surface area contributed by atoms with E-state index < -0.39 is 23.0 Å². The molecule has 1 fully saturated rings. The molecular weight excluding hydrogens is 509 g/mol. The topological polar surface area (TPSA) is 141 Å². The molecule has 14 heteroatoms. The quantitative estimate of drug-likeness (QED) is 0.282. The van der Waals surface area contributed by atoms with Gasteiger partial charge in [0, 0.05) is 24.7 Å². The highest BCUT2D eigenvalue weighted by molar-refractivity contribution is 5.68. The molecule has 2 aromatic rings. The van der Waals surface area contributed by atoms with Crippen LogP contribution in [0.25, 0.3) is 0 Å². The van der Waals surface area contributed by atoms with Crippen LogP contribution in [0.5, 0.6) is 5.75 Å². The standard InChI is InChI=1S/C24H31F3N6O5/c1-23(2,3)38-22(34)31-17-10-8-15(9-11-17)12-28-20-18(33(35)36)14-30-21(32-20)29-13-16-6-4-5-7-19(16)37-24(25,26)27/h4-7,14-15,17H,8-13H2,1-3H3,(H,31,34)(H2,28,29,30,32). The lowest BCUT2D eigenvalue weighted by Gasteiger charge is -2.30. The van der Waals surface area contributed by atoms with Crippen LogP contribution >= 0.6 is 0 Å². The Balaban J connectivity index is 1.57. The van der Waals surface area contributed by atoms with Gasteiger partial charge in [-0.15, -0.1) is 13.2 Å². The van der Waals surface area contributed by atoms with Crippen LogP contribution in [0, 0.1) is 16.0 Å². The van der Waals surface area contributed by atoms with E-state index in [-0.39, 0.29) is 47.3 Å². The second-order valence-electron chi connectivity index (χ2n) is 9.94. The Hall–Kier alpha value is -3.84. The van der Waals surface area contributed by atoms with E-state index in [1.807, 2.05) is 0 Å². The molecule has 0 unspecified atom stereocenters. The summed E-state index contributed by atoms with van der Waals surface area (Å²) in [5, 5.41) is 20.2. The molecule has 0 spiro atoms. The zero-order valence-corrected chi connectivity index (χ0v) is 21.3. The summed E-state index contributed by atoms with van der Waals surface area (Å²) < 4.78 is 47.3. The highest BCUT2D eigenvalue weighted by Crippen LogP contribution is 2.29. The van der Waals surface area contributed by atoms with Crippen LogP contribution in [0.15, 0.2) is 30.5 Å². The highest BCUT2D eigenvalue weighted by atomic mass is 19.4. The molecule has 1 aromatic carbocycles. The van der Waals surface area contributed by atoms with Gasteiger partial charge in [-0.05, 0) is 58.4 Å². The summed E-state index contributed by atoms with van der Waals surface area (Å²) in [5.41, 5.74) is -0.694. The number of carbonyl (C=O) groups is 1. The molecule has 1 saturated carbocycles. The third kappa shape index (κ3) is 9.23. The minimum Gasteiger partial charge on any atom is -0.444 e. The summed E-state index contributed by atoms with van der Waals surface area (Å²) in [6.07, 6.45) is -1.21. The summed E-state index contributed by atoms with van der Waals surface area (Å²) in [6, 6.07) is 5.60. The monoisotopic (exact) mass is 540 g/mol. The SMILES string of the molecule is CC(C)(C)OC(=O)NC1CCC(CNc2nc(NCc3ccccc3OC(F)(F)F)ncc2[N+](=O)[O-])CC1. The number of halogens is 3. The maximum absolute atomic E-state index is 12.7. The van der Waals surface area contributed by atoms with Crippen molar-refractivity contribution in [1.29, 1.82) is 0 Å². The lowest BCUT2D eigenvalue weighted by Crippen LogP contribution is -2.41. The maximum atomic E-state index is 12.7. The molecule has 3 rings (SSSR count). The van der Waals surface area contributed by atoms with Crippen molar-refractivity contribution >= 4 is 23.5 Å². The third-order valence-electron chi connectivity index (χ3n) is 5.73. The first-order chi connectivity index (χ1) is 17.8. The first kappa shape index (κ1) is 28.7. The molecule has 38 heavy (non-hydrogen) atoms. The van der Waals surface area contributed by atoms with Crippen LogP contribution < -0.4 is 20.7 Å². The van der Waals surface area contributed by atoms with Crippen LogP contribution in [0.1, 0.15) is 52.0 Å².